The lowest BCUT2D eigenvalue weighted by Crippen LogP contribution is -1.89. The summed E-state index contributed by atoms with van der Waals surface area (Å²) in [4.78, 5) is 24.4. The van der Waals surface area contributed by atoms with Crippen LogP contribution in [0, 0.1) is 15.0 Å². The van der Waals surface area contributed by atoms with Crippen molar-refractivity contribution < 1.29 is 4.92 Å². The van der Waals surface area contributed by atoms with Crippen molar-refractivity contribution in [2.24, 2.45) is 5.18 Å². The summed E-state index contributed by atoms with van der Waals surface area (Å²) in [5, 5.41) is 13.3. The summed E-state index contributed by atoms with van der Waals surface area (Å²) in [5.41, 5.74) is 1.40. The lowest BCUT2D eigenvalue weighted by Gasteiger charge is -2.00. The molecule has 1 heterocycles. The first-order valence-corrected chi connectivity index (χ1v) is 4.75. The molecule has 0 saturated heterocycles. The largest absolute Gasteiger partial charge is 0.270 e. The Kier molecular flexibility index (Phi) is 2.87. The quantitative estimate of drug-likeness (QED) is 0.459. The number of nitrogens with zero attached hydrogens (tertiary/aromatic N) is 3. The van der Waals surface area contributed by atoms with Crippen molar-refractivity contribution in [1.29, 1.82) is 0 Å². The Morgan fingerprint density at radius 2 is 2.06 bits per heavy atom. The summed E-state index contributed by atoms with van der Waals surface area (Å²) in [7, 11) is 0. The summed E-state index contributed by atoms with van der Waals surface area (Å²) in [6.45, 7) is 0. The fourth-order valence-electron chi connectivity index (χ4n) is 1.39. The minimum absolute atomic E-state index is 0.00175. The first-order valence-electron chi connectivity index (χ1n) is 4.75. The highest BCUT2D eigenvalue weighted by Gasteiger charge is 2.07. The maximum absolute atomic E-state index is 10.6. The zero-order chi connectivity index (χ0) is 12.3. The SMILES string of the molecule is O=Nc1ccc(-c2cccc([N+](=O)[O-])c2)nc1. The molecule has 0 fully saturated rings. The van der Waals surface area contributed by atoms with Gasteiger partial charge in [0.05, 0.1) is 16.8 Å². The summed E-state index contributed by atoms with van der Waals surface area (Å²) < 4.78 is 0. The summed E-state index contributed by atoms with van der Waals surface area (Å²) >= 11 is 0. The number of nitroso groups, excluding NO2 is 1. The van der Waals surface area contributed by atoms with Crippen molar-refractivity contribution in [2.45, 2.75) is 0 Å². The third kappa shape index (κ3) is 2.31. The number of rotatable bonds is 3. The van der Waals surface area contributed by atoms with Gasteiger partial charge >= 0.3 is 0 Å². The third-order valence-electron chi connectivity index (χ3n) is 2.21. The molecule has 0 N–H and O–H groups in total. The van der Waals surface area contributed by atoms with Gasteiger partial charge in [-0.15, -0.1) is 4.91 Å². The van der Waals surface area contributed by atoms with E-state index in [-0.39, 0.29) is 11.4 Å². The van der Waals surface area contributed by atoms with Gasteiger partial charge < -0.3 is 0 Å². The second-order valence-corrected chi connectivity index (χ2v) is 3.30. The van der Waals surface area contributed by atoms with Crippen LogP contribution < -0.4 is 0 Å². The van der Waals surface area contributed by atoms with Gasteiger partial charge in [-0.2, -0.15) is 0 Å². The number of hydrogen-bond donors (Lipinski definition) is 0. The molecule has 6 heteroatoms. The molecule has 0 saturated carbocycles. The van der Waals surface area contributed by atoms with Crippen LogP contribution in [0.5, 0.6) is 0 Å². The lowest BCUT2D eigenvalue weighted by molar-refractivity contribution is -0.384. The molecule has 0 atom stereocenters. The average molecular weight is 229 g/mol. The van der Waals surface area contributed by atoms with Crippen LogP contribution in [-0.4, -0.2) is 9.91 Å². The van der Waals surface area contributed by atoms with Gasteiger partial charge in [0.2, 0.25) is 0 Å². The van der Waals surface area contributed by atoms with Crippen molar-refractivity contribution >= 4 is 11.4 Å². The molecule has 0 spiro atoms. The van der Waals surface area contributed by atoms with Crippen molar-refractivity contribution in [3.8, 4) is 11.3 Å². The van der Waals surface area contributed by atoms with Crippen molar-refractivity contribution in [2.75, 3.05) is 0 Å². The number of benzene rings is 1. The highest BCUT2D eigenvalue weighted by molar-refractivity contribution is 5.63. The fourth-order valence-corrected chi connectivity index (χ4v) is 1.39. The van der Waals surface area contributed by atoms with Gasteiger partial charge in [-0.05, 0) is 17.3 Å². The fraction of sp³-hybridized carbons (Fsp3) is 0. The smallest absolute Gasteiger partial charge is 0.258 e. The Balaban J connectivity index is 2.41. The molecular formula is C11H7N3O3. The maximum atomic E-state index is 10.6. The van der Waals surface area contributed by atoms with E-state index in [4.69, 9.17) is 0 Å². The average Bonchev–Trinajstić information content (AvgIpc) is 2.39. The van der Waals surface area contributed by atoms with E-state index >= 15 is 0 Å². The van der Waals surface area contributed by atoms with Crippen LogP contribution in [0.3, 0.4) is 0 Å². The highest BCUT2D eigenvalue weighted by Crippen LogP contribution is 2.23. The summed E-state index contributed by atoms with van der Waals surface area (Å²) in [6.07, 6.45) is 1.32. The molecule has 0 radical (unpaired) electrons. The topological polar surface area (TPSA) is 85.5 Å². The van der Waals surface area contributed by atoms with Crippen LogP contribution in [0.25, 0.3) is 11.3 Å². The monoisotopic (exact) mass is 229 g/mol. The Bertz CT molecular complexity index is 566. The lowest BCUT2D eigenvalue weighted by atomic mass is 10.1. The molecule has 84 valence electrons. The Morgan fingerprint density at radius 1 is 1.24 bits per heavy atom. The van der Waals surface area contributed by atoms with E-state index in [1.165, 1.54) is 24.4 Å². The van der Waals surface area contributed by atoms with E-state index in [1.807, 2.05) is 0 Å². The number of pyridine rings is 1. The Hall–Kier alpha value is -2.63. The standard InChI is InChI=1S/C11H7N3O3/c15-13-9-4-5-11(12-7-9)8-2-1-3-10(6-8)14(16)17/h1-7H. The molecule has 0 bridgehead atoms. The van der Waals surface area contributed by atoms with Crippen molar-refractivity contribution in [3.63, 3.8) is 0 Å². The van der Waals surface area contributed by atoms with E-state index in [1.54, 1.807) is 18.2 Å². The predicted molar refractivity (Wildman–Crippen MR) is 61.8 cm³/mol. The Morgan fingerprint density at radius 3 is 2.65 bits per heavy atom. The first-order chi connectivity index (χ1) is 8.20. The van der Waals surface area contributed by atoms with Crippen molar-refractivity contribution in [3.05, 3.63) is 57.6 Å². The first kappa shape index (κ1) is 10.9. The number of aromatic nitrogens is 1. The molecule has 0 unspecified atom stereocenters. The van der Waals surface area contributed by atoms with E-state index < -0.39 is 4.92 Å². The molecule has 0 aliphatic carbocycles. The number of nitro groups is 1. The molecule has 0 aliphatic rings. The summed E-state index contributed by atoms with van der Waals surface area (Å²) in [5.74, 6) is 0. The van der Waals surface area contributed by atoms with Crippen LogP contribution >= 0.6 is 0 Å². The molecule has 17 heavy (non-hydrogen) atoms. The van der Waals surface area contributed by atoms with Crippen LogP contribution in [0.2, 0.25) is 0 Å². The summed E-state index contributed by atoms with van der Waals surface area (Å²) in [6, 6.07) is 9.23. The maximum Gasteiger partial charge on any atom is 0.270 e. The minimum Gasteiger partial charge on any atom is -0.258 e. The molecule has 2 rings (SSSR count). The van der Waals surface area contributed by atoms with Gasteiger partial charge in [0.25, 0.3) is 5.69 Å². The normalized spacial score (nSPS) is 9.88. The van der Waals surface area contributed by atoms with Gasteiger partial charge in [-0.3, -0.25) is 15.1 Å². The van der Waals surface area contributed by atoms with Crippen LogP contribution in [0.15, 0.2) is 47.8 Å². The number of hydrogen-bond acceptors (Lipinski definition) is 5. The molecule has 0 aliphatic heterocycles. The van der Waals surface area contributed by atoms with Crippen LogP contribution in [-0.2, 0) is 0 Å². The van der Waals surface area contributed by atoms with Gasteiger partial charge in [-0.25, -0.2) is 0 Å². The molecule has 6 nitrogen and oxygen atoms in total. The number of nitro benzene ring substituents is 1. The predicted octanol–water partition coefficient (Wildman–Crippen LogP) is 3.05. The zero-order valence-corrected chi connectivity index (χ0v) is 8.61. The highest BCUT2D eigenvalue weighted by atomic mass is 16.6. The van der Waals surface area contributed by atoms with Crippen molar-refractivity contribution in [1.82, 2.24) is 4.98 Å². The van der Waals surface area contributed by atoms with Gasteiger partial charge in [0.15, 0.2) is 0 Å². The van der Waals surface area contributed by atoms with E-state index in [9.17, 15) is 15.0 Å². The zero-order valence-electron chi connectivity index (χ0n) is 8.61. The van der Waals surface area contributed by atoms with Crippen LogP contribution in [0.4, 0.5) is 11.4 Å². The molecule has 2 aromatic rings. The number of non-ortho nitro benzene ring substituents is 1. The Labute approximate surface area is 96.1 Å². The molecule has 1 aromatic heterocycles. The second kappa shape index (κ2) is 4.48. The van der Waals surface area contributed by atoms with E-state index in [0.717, 1.165) is 0 Å². The molecule has 1 aromatic carbocycles. The minimum atomic E-state index is -0.467. The third-order valence-corrected chi connectivity index (χ3v) is 2.21. The van der Waals surface area contributed by atoms with E-state index in [2.05, 4.69) is 10.2 Å². The second-order valence-electron chi connectivity index (χ2n) is 3.30. The van der Waals surface area contributed by atoms with Crippen LogP contribution in [0.1, 0.15) is 0 Å². The van der Waals surface area contributed by atoms with E-state index in [0.29, 0.717) is 11.3 Å². The molecular weight excluding hydrogens is 222 g/mol. The molecule has 0 amide bonds. The van der Waals surface area contributed by atoms with Gasteiger partial charge in [0.1, 0.15) is 5.69 Å². The van der Waals surface area contributed by atoms with Gasteiger partial charge in [-0.1, -0.05) is 12.1 Å². The van der Waals surface area contributed by atoms with Gasteiger partial charge in [0, 0.05) is 17.7 Å².